The van der Waals surface area contributed by atoms with Crippen LogP contribution in [0.15, 0.2) is 5.16 Å². The molecule has 2 atom stereocenters. The lowest BCUT2D eigenvalue weighted by Gasteiger charge is -2.11. The number of thioether (sulfide) groups is 1. The predicted molar refractivity (Wildman–Crippen MR) is 59.5 cm³/mol. The van der Waals surface area contributed by atoms with Gasteiger partial charge >= 0.3 is 5.97 Å². The van der Waals surface area contributed by atoms with E-state index in [4.69, 9.17) is 4.74 Å². The molecule has 0 radical (unpaired) electrons. The first-order valence-corrected chi connectivity index (χ1v) is 6.05. The number of imidazole rings is 1. The zero-order valence-corrected chi connectivity index (χ0v) is 10.2. The van der Waals surface area contributed by atoms with Crippen LogP contribution in [-0.2, 0) is 4.74 Å². The van der Waals surface area contributed by atoms with Crippen molar-refractivity contribution < 1.29 is 14.6 Å². The molecule has 0 spiro atoms. The molecule has 0 fully saturated rings. The van der Waals surface area contributed by atoms with Crippen LogP contribution in [-0.4, -0.2) is 32.5 Å². The Balaban J connectivity index is 2.36. The summed E-state index contributed by atoms with van der Waals surface area (Å²) in [4.78, 5) is 15.8. The van der Waals surface area contributed by atoms with Crippen molar-refractivity contribution in [3.8, 4) is 0 Å². The van der Waals surface area contributed by atoms with Crippen molar-refractivity contribution in [2.24, 2.45) is 0 Å². The number of nitrogens with zero attached hydrogens (tertiary/aromatic N) is 2. The van der Waals surface area contributed by atoms with E-state index < -0.39 is 12.2 Å². The van der Waals surface area contributed by atoms with Crippen LogP contribution in [0.25, 0.3) is 0 Å². The van der Waals surface area contributed by atoms with Crippen molar-refractivity contribution in [1.82, 2.24) is 9.55 Å². The average molecular weight is 242 g/mol. The second-order valence-corrected chi connectivity index (χ2v) is 5.00. The van der Waals surface area contributed by atoms with Crippen molar-refractivity contribution in [3.05, 3.63) is 11.4 Å². The van der Waals surface area contributed by atoms with Crippen LogP contribution in [0.4, 0.5) is 0 Å². The molecule has 0 bridgehead atoms. The van der Waals surface area contributed by atoms with Crippen LogP contribution in [0.2, 0.25) is 0 Å². The SMILES string of the molecule is CCOC(=O)c1nc2n(c1C)[C@@H](O)[C@@H](C)S2. The van der Waals surface area contributed by atoms with Crippen molar-refractivity contribution >= 4 is 17.7 Å². The number of carbonyl (C=O) groups is 1. The van der Waals surface area contributed by atoms with Gasteiger partial charge in [0.15, 0.2) is 10.9 Å². The molecule has 1 aliphatic rings. The number of aliphatic hydroxyl groups excluding tert-OH is 1. The lowest BCUT2D eigenvalue weighted by molar-refractivity contribution is 0.0518. The molecule has 2 heterocycles. The lowest BCUT2D eigenvalue weighted by atomic mass is 10.3. The van der Waals surface area contributed by atoms with Crippen molar-refractivity contribution in [1.29, 1.82) is 0 Å². The molecule has 1 aromatic heterocycles. The first-order chi connectivity index (χ1) is 7.56. The summed E-state index contributed by atoms with van der Waals surface area (Å²) < 4.78 is 6.58. The summed E-state index contributed by atoms with van der Waals surface area (Å²) in [6.07, 6.45) is -0.615. The lowest BCUT2D eigenvalue weighted by Crippen LogP contribution is -2.15. The average Bonchev–Trinajstić information content (AvgIpc) is 2.68. The first kappa shape index (κ1) is 11.5. The van der Waals surface area contributed by atoms with Crippen molar-refractivity contribution in [3.63, 3.8) is 0 Å². The minimum absolute atomic E-state index is 0.0671. The number of ether oxygens (including phenoxy) is 1. The molecule has 2 rings (SSSR count). The van der Waals surface area contributed by atoms with E-state index >= 15 is 0 Å². The van der Waals surface area contributed by atoms with Gasteiger partial charge in [0, 0.05) is 0 Å². The Morgan fingerprint density at radius 1 is 1.69 bits per heavy atom. The third-order valence-corrected chi connectivity index (χ3v) is 3.68. The molecule has 0 saturated carbocycles. The van der Waals surface area contributed by atoms with Crippen LogP contribution in [0, 0.1) is 6.92 Å². The summed E-state index contributed by atoms with van der Waals surface area (Å²) in [7, 11) is 0. The molecule has 16 heavy (non-hydrogen) atoms. The number of fused-ring (bicyclic) bond motifs is 1. The van der Waals surface area contributed by atoms with Gasteiger partial charge in [-0.25, -0.2) is 9.78 Å². The molecule has 1 N–H and O–H groups in total. The third-order valence-electron chi connectivity index (χ3n) is 2.56. The zero-order chi connectivity index (χ0) is 11.9. The number of aliphatic hydroxyl groups is 1. The highest BCUT2D eigenvalue weighted by molar-refractivity contribution is 8.00. The standard InChI is InChI=1S/C10H14N2O3S/c1-4-15-9(14)7-5(2)12-8(13)6(3)16-10(12)11-7/h6,8,13H,4H2,1-3H3/t6-,8+/m1/s1. The number of hydrogen-bond donors (Lipinski definition) is 1. The largest absolute Gasteiger partial charge is 0.461 e. The second-order valence-electron chi connectivity index (χ2n) is 3.66. The smallest absolute Gasteiger partial charge is 0.358 e. The number of aromatic nitrogens is 2. The van der Waals surface area contributed by atoms with Crippen molar-refractivity contribution in [2.75, 3.05) is 6.61 Å². The maximum atomic E-state index is 11.6. The Hall–Kier alpha value is -1.01. The van der Waals surface area contributed by atoms with E-state index in [2.05, 4.69) is 4.98 Å². The first-order valence-electron chi connectivity index (χ1n) is 5.17. The van der Waals surface area contributed by atoms with Gasteiger partial charge in [-0.05, 0) is 20.8 Å². The Bertz CT molecular complexity index is 430. The van der Waals surface area contributed by atoms with E-state index in [1.165, 1.54) is 11.8 Å². The van der Waals surface area contributed by atoms with Gasteiger partial charge in [0.1, 0.15) is 6.23 Å². The number of carbonyl (C=O) groups excluding carboxylic acids is 1. The van der Waals surface area contributed by atoms with Gasteiger partial charge in [-0.3, -0.25) is 4.57 Å². The normalized spacial score (nSPS) is 23.2. The highest BCUT2D eigenvalue weighted by Gasteiger charge is 2.34. The van der Waals surface area contributed by atoms with Gasteiger partial charge < -0.3 is 9.84 Å². The summed E-state index contributed by atoms with van der Waals surface area (Å²) >= 11 is 1.46. The highest BCUT2D eigenvalue weighted by atomic mass is 32.2. The zero-order valence-electron chi connectivity index (χ0n) is 9.43. The quantitative estimate of drug-likeness (QED) is 0.793. The Morgan fingerprint density at radius 2 is 2.38 bits per heavy atom. The maximum Gasteiger partial charge on any atom is 0.358 e. The van der Waals surface area contributed by atoms with Crippen LogP contribution < -0.4 is 0 Å². The van der Waals surface area contributed by atoms with Gasteiger partial charge in [-0.15, -0.1) is 0 Å². The van der Waals surface area contributed by atoms with Gasteiger partial charge in [0.05, 0.1) is 17.6 Å². The molecule has 0 amide bonds. The fourth-order valence-electron chi connectivity index (χ4n) is 1.71. The van der Waals surface area contributed by atoms with Crippen LogP contribution in [0.5, 0.6) is 0 Å². The Morgan fingerprint density at radius 3 is 2.94 bits per heavy atom. The fraction of sp³-hybridized carbons (Fsp3) is 0.600. The van der Waals surface area contributed by atoms with Gasteiger partial charge in [-0.1, -0.05) is 11.8 Å². The molecule has 1 aliphatic heterocycles. The highest BCUT2D eigenvalue weighted by Crippen LogP contribution is 2.39. The van der Waals surface area contributed by atoms with Gasteiger partial charge in [-0.2, -0.15) is 0 Å². The van der Waals surface area contributed by atoms with Crippen LogP contribution in [0.1, 0.15) is 36.3 Å². The maximum absolute atomic E-state index is 11.6. The second kappa shape index (κ2) is 4.10. The van der Waals surface area contributed by atoms with E-state index in [-0.39, 0.29) is 5.25 Å². The van der Waals surface area contributed by atoms with E-state index in [1.807, 2.05) is 6.92 Å². The van der Waals surface area contributed by atoms with Crippen LogP contribution in [0.3, 0.4) is 0 Å². The topological polar surface area (TPSA) is 64.3 Å². The molecule has 0 aromatic carbocycles. The van der Waals surface area contributed by atoms with Crippen molar-refractivity contribution in [2.45, 2.75) is 37.4 Å². The molecule has 0 unspecified atom stereocenters. The number of esters is 1. The summed E-state index contributed by atoms with van der Waals surface area (Å²) in [6.45, 7) is 5.77. The number of rotatable bonds is 2. The molecular formula is C10H14N2O3S. The summed E-state index contributed by atoms with van der Waals surface area (Å²) in [6, 6.07) is 0. The minimum Gasteiger partial charge on any atom is -0.461 e. The van der Waals surface area contributed by atoms with E-state index in [9.17, 15) is 9.90 Å². The Kier molecular flexibility index (Phi) is 2.94. The molecule has 1 aromatic rings. The molecular weight excluding hydrogens is 228 g/mol. The number of hydrogen-bond acceptors (Lipinski definition) is 5. The summed E-state index contributed by atoms with van der Waals surface area (Å²) in [5, 5.41) is 10.7. The minimum atomic E-state index is -0.615. The van der Waals surface area contributed by atoms with E-state index in [1.54, 1.807) is 18.4 Å². The third kappa shape index (κ3) is 1.62. The molecule has 0 aliphatic carbocycles. The molecule has 6 heteroatoms. The van der Waals surface area contributed by atoms with Gasteiger partial charge in [0.25, 0.3) is 0 Å². The van der Waals surface area contributed by atoms with Crippen LogP contribution >= 0.6 is 11.8 Å². The monoisotopic (exact) mass is 242 g/mol. The predicted octanol–water partition coefficient (Wildman–Crippen LogP) is 1.35. The molecule has 0 saturated heterocycles. The van der Waals surface area contributed by atoms with E-state index in [0.717, 1.165) is 0 Å². The summed E-state index contributed by atoms with van der Waals surface area (Å²) in [5.41, 5.74) is 0.966. The Labute approximate surface area is 97.8 Å². The van der Waals surface area contributed by atoms with E-state index in [0.29, 0.717) is 23.2 Å². The fourth-order valence-corrected chi connectivity index (χ4v) is 2.79. The summed E-state index contributed by atoms with van der Waals surface area (Å²) in [5.74, 6) is -0.428. The molecule has 5 nitrogen and oxygen atoms in total. The van der Waals surface area contributed by atoms with Gasteiger partial charge in [0.2, 0.25) is 0 Å². The molecule has 88 valence electrons.